The lowest BCUT2D eigenvalue weighted by atomic mass is 10.1. The van der Waals surface area contributed by atoms with Crippen molar-refractivity contribution >= 4 is 23.6 Å². The number of nitrogens with two attached hydrogens (primary N) is 1. The zero-order valence-corrected chi connectivity index (χ0v) is 15.9. The molecule has 0 aliphatic carbocycles. The zero-order chi connectivity index (χ0) is 19.9. The maximum atomic E-state index is 13.4. The molecule has 0 saturated carbocycles. The van der Waals surface area contributed by atoms with Gasteiger partial charge in [0.25, 0.3) is 5.91 Å². The van der Waals surface area contributed by atoms with Gasteiger partial charge in [-0.15, -0.1) is 0 Å². The molecule has 3 heterocycles. The average Bonchev–Trinajstić information content (AvgIpc) is 2.94. The van der Waals surface area contributed by atoms with E-state index in [1.807, 2.05) is 0 Å². The highest BCUT2D eigenvalue weighted by atomic mass is 35.5. The second-order valence-corrected chi connectivity index (χ2v) is 7.56. The number of rotatable bonds is 2. The van der Waals surface area contributed by atoms with Crippen LogP contribution in [0.4, 0.5) is 9.18 Å². The molecule has 2 aromatic heterocycles. The second kappa shape index (κ2) is 6.80. The topological polar surface area (TPSA) is 103 Å². The first-order valence-electron chi connectivity index (χ1n) is 8.25. The van der Waals surface area contributed by atoms with Crippen molar-refractivity contribution in [3.63, 3.8) is 0 Å². The predicted molar refractivity (Wildman–Crippen MR) is 95.6 cm³/mol. The van der Waals surface area contributed by atoms with E-state index in [9.17, 15) is 14.0 Å². The van der Waals surface area contributed by atoms with Gasteiger partial charge in [-0.25, -0.2) is 9.78 Å². The van der Waals surface area contributed by atoms with Gasteiger partial charge in [-0.1, -0.05) is 11.6 Å². The molecule has 0 radical (unpaired) electrons. The quantitative estimate of drug-likeness (QED) is 0.787. The first-order chi connectivity index (χ1) is 12.6. The summed E-state index contributed by atoms with van der Waals surface area (Å²) in [4.78, 5) is 29.5. The number of ether oxygens (including phenoxy) is 1. The van der Waals surface area contributed by atoms with Crippen molar-refractivity contribution in [1.29, 1.82) is 0 Å². The van der Waals surface area contributed by atoms with Crippen LogP contribution in [-0.2, 0) is 17.8 Å². The molecule has 144 valence electrons. The summed E-state index contributed by atoms with van der Waals surface area (Å²) >= 11 is 5.79. The maximum Gasteiger partial charge on any atom is 0.410 e. The lowest BCUT2D eigenvalue weighted by Crippen LogP contribution is -2.42. The van der Waals surface area contributed by atoms with Crippen LogP contribution in [0, 0.1) is 5.95 Å². The third-order valence-electron chi connectivity index (χ3n) is 3.95. The lowest BCUT2D eigenvalue weighted by Gasteiger charge is -2.30. The van der Waals surface area contributed by atoms with Crippen LogP contribution in [0.15, 0.2) is 12.3 Å². The molecule has 0 bridgehead atoms. The third-order valence-corrected chi connectivity index (χ3v) is 4.21. The number of primary amides is 1. The summed E-state index contributed by atoms with van der Waals surface area (Å²) in [5, 5.41) is 4.21. The minimum atomic E-state index is -0.818. The summed E-state index contributed by atoms with van der Waals surface area (Å²) in [6.07, 6.45) is 0.742. The molecule has 2 aromatic rings. The molecule has 0 fully saturated rings. The van der Waals surface area contributed by atoms with Gasteiger partial charge in [-0.3, -0.25) is 9.48 Å². The van der Waals surface area contributed by atoms with Crippen molar-refractivity contribution < 1.29 is 18.7 Å². The van der Waals surface area contributed by atoms with Gasteiger partial charge in [0.15, 0.2) is 0 Å². The molecule has 10 heteroatoms. The van der Waals surface area contributed by atoms with E-state index in [0.717, 1.165) is 0 Å². The molecule has 0 saturated heterocycles. The number of carbonyl (C=O) groups is 2. The normalized spacial score (nSPS) is 14.0. The van der Waals surface area contributed by atoms with E-state index in [-0.39, 0.29) is 22.8 Å². The van der Waals surface area contributed by atoms with Gasteiger partial charge in [0.1, 0.15) is 11.3 Å². The molecular formula is C17H19ClFN5O3. The van der Waals surface area contributed by atoms with Crippen LogP contribution in [0.3, 0.4) is 0 Å². The molecule has 2 amide bonds. The summed E-state index contributed by atoms with van der Waals surface area (Å²) in [5.74, 6) is -1.53. The lowest BCUT2D eigenvalue weighted by molar-refractivity contribution is 0.0193. The Morgan fingerprint density at radius 1 is 1.33 bits per heavy atom. The van der Waals surface area contributed by atoms with Gasteiger partial charge in [0, 0.05) is 18.3 Å². The molecule has 0 aromatic carbocycles. The summed E-state index contributed by atoms with van der Waals surface area (Å²) in [6, 6.07) is 1.33. The average molecular weight is 396 g/mol. The van der Waals surface area contributed by atoms with Crippen molar-refractivity contribution in [2.24, 2.45) is 5.73 Å². The molecule has 8 nitrogen and oxygen atoms in total. The Bertz CT molecular complexity index is 922. The third kappa shape index (κ3) is 3.87. The molecule has 0 spiro atoms. The SMILES string of the molecule is CC(C)(C)OC(=O)N1CCn2nc(-c3cnc(F)c(Cl)c3)c(C(N)=O)c2C1. The highest BCUT2D eigenvalue weighted by Crippen LogP contribution is 2.30. The Kier molecular flexibility index (Phi) is 4.81. The van der Waals surface area contributed by atoms with Crippen LogP contribution in [0.5, 0.6) is 0 Å². The van der Waals surface area contributed by atoms with Gasteiger partial charge < -0.3 is 15.4 Å². The Labute approximate surface area is 160 Å². The highest BCUT2D eigenvalue weighted by Gasteiger charge is 2.31. The number of fused-ring (bicyclic) bond motifs is 1. The fourth-order valence-corrected chi connectivity index (χ4v) is 2.98. The predicted octanol–water partition coefficient (Wildman–Crippen LogP) is 2.59. The van der Waals surface area contributed by atoms with Crippen molar-refractivity contribution in [3.05, 3.63) is 34.5 Å². The Morgan fingerprint density at radius 3 is 2.63 bits per heavy atom. The first-order valence-corrected chi connectivity index (χ1v) is 8.63. The molecule has 0 unspecified atom stereocenters. The van der Waals surface area contributed by atoms with E-state index in [1.54, 1.807) is 25.5 Å². The number of hydrogen-bond acceptors (Lipinski definition) is 5. The summed E-state index contributed by atoms with van der Waals surface area (Å²) in [6.45, 7) is 6.16. The van der Waals surface area contributed by atoms with E-state index < -0.39 is 23.5 Å². The molecular weight excluding hydrogens is 377 g/mol. The van der Waals surface area contributed by atoms with Gasteiger partial charge in [0.2, 0.25) is 5.95 Å². The number of amides is 2. The molecule has 0 atom stereocenters. The Hall–Kier alpha value is -2.68. The number of hydrogen-bond donors (Lipinski definition) is 1. The Balaban J connectivity index is 1.99. The number of pyridine rings is 1. The molecule has 2 N–H and O–H groups in total. The van der Waals surface area contributed by atoms with Crippen LogP contribution in [-0.4, -0.2) is 43.8 Å². The van der Waals surface area contributed by atoms with Crippen LogP contribution >= 0.6 is 11.6 Å². The van der Waals surface area contributed by atoms with E-state index in [0.29, 0.717) is 24.3 Å². The van der Waals surface area contributed by atoms with Crippen molar-refractivity contribution in [3.8, 4) is 11.3 Å². The van der Waals surface area contributed by atoms with E-state index in [1.165, 1.54) is 17.2 Å². The van der Waals surface area contributed by atoms with Crippen LogP contribution in [0.2, 0.25) is 5.02 Å². The number of carbonyl (C=O) groups excluding carboxylic acids is 2. The van der Waals surface area contributed by atoms with Gasteiger partial charge in [0.05, 0.1) is 29.4 Å². The fraction of sp³-hybridized carbons (Fsp3) is 0.412. The number of halogens is 2. The van der Waals surface area contributed by atoms with Crippen molar-refractivity contribution in [1.82, 2.24) is 19.7 Å². The van der Waals surface area contributed by atoms with Gasteiger partial charge in [-0.2, -0.15) is 9.49 Å². The standard InChI is InChI=1S/C17H19ClFN5O3/c1-17(2,3)27-16(26)23-4-5-24-11(8-23)12(15(20)25)13(22-24)9-6-10(18)14(19)21-7-9/h6-7H,4-5,8H2,1-3H3,(H2,20,25). The van der Waals surface area contributed by atoms with Crippen molar-refractivity contribution in [2.75, 3.05) is 6.54 Å². The van der Waals surface area contributed by atoms with Crippen LogP contribution in [0.1, 0.15) is 36.8 Å². The smallest absolute Gasteiger partial charge is 0.410 e. The largest absolute Gasteiger partial charge is 0.444 e. The highest BCUT2D eigenvalue weighted by molar-refractivity contribution is 6.30. The molecule has 1 aliphatic rings. The molecule has 3 rings (SSSR count). The fourth-order valence-electron chi connectivity index (χ4n) is 2.81. The monoisotopic (exact) mass is 395 g/mol. The summed E-state index contributed by atoms with van der Waals surface area (Å²) in [7, 11) is 0. The van der Waals surface area contributed by atoms with Crippen molar-refractivity contribution in [2.45, 2.75) is 39.5 Å². The Morgan fingerprint density at radius 2 is 2.04 bits per heavy atom. The zero-order valence-electron chi connectivity index (χ0n) is 15.1. The number of aromatic nitrogens is 3. The summed E-state index contributed by atoms with van der Waals surface area (Å²) < 4.78 is 20.3. The second-order valence-electron chi connectivity index (χ2n) is 7.16. The van der Waals surface area contributed by atoms with E-state index in [2.05, 4.69) is 10.1 Å². The number of nitrogens with zero attached hydrogens (tertiary/aromatic N) is 4. The van der Waals surface area contributed by atoms with Crippen LogP contribution < -0.4 is 5.73 Å². The van der Waals surface area contributed by atoms with E-state index >= 15 is 0 Å². The van der Waals surface area contributed by atoms with Gasteiger partial charge in [-0.05, 0) is 26.8 Å². The first kappa shape index (κ1) is 19.1. The van der Waals surface area contributed by atoms with Crippen LogP contribution in [0.25, 0.3) is 11.3 Å². The summed E-state index contributed by atoms with van der Waals surface area (Å²) in [5.41, 5.74) is 6.16. The maximum absolute atomic E-state index is 13.4. The minimum absolute atomic E-state index is 0.114. The molecule has 27 heavy (non-hydrogen) atoms. The minimum Gasteiger partial charge on any atom is -0.444 e. The van der Waals surface area contributed by atoms with E-state index in [4.69, 9.17) is 22.1 Å². The van der Waals surface area contributed by atoms with Gasteiger partial charge >= 0.3 is 6.09 Å². The molecule has 1 aliphatic heterocycles.